The fourth-order valence-electron chi connectivity index (χ4n) is 3.26. The van der Waals surface area contributed by atoms with E-state index < -0.39 is 10.4 Å². The summed E-state index contributed by atoms with van der Waals surface area (Å²) in [7, 11) is -4.23. The van der Waals surface area contributed by atoms with E-state index in [1.54, 1.807) is 24.3 Å². The third-order valence-corrected chi connectivity index (χ3v) is 5.88. The summed E-state index contributed by atoms with van der Waals surface area (Å²) < 4.78 is 38.2. The first-order chi connectivity index (χ1) is 16.2. The van der Waals surface area contributed by atoms with Crippen LogP contribution in [-0.2, 0) is 19.3 Å². The van der Waals surface area contributed by atoms with Crippen molar-refractivity contribution in [2.75, 3.05) is 38.6 Å². The molecule has 0 bridgehead atoms. The lowest BCUT2D eigenvalue weighted by molar-refractivity contribution is 0.0466. The second-order valence-electron chi connectivity index (χ2n) is 8.22. The molecule has 0 heterocycles. The van der Waals surface area contributed by atoms with Crippen LogP contribution in [0.3, 0.4) is 0 Å². The average molecular weight is 503 g/mol. The number of nitrogens with zero attached hydrogens (tertiary/aromatic N) is 1. The Morgan fingerprint density at radius 2 is 1.35 bits per heavy atom. The van der Waals surface area contributed by atoms with E-state index in [1.165, 1.54) is 44.9 Å². The Morgan fingerprint density at radius 1 is 0.853 bits per heavy atom. The molecule has 8 nitrogen and oxygen atoms in total. The van der Waals surface area contributed by atoms with Crippen LogP contribution in [0.25, 0.3) is 0 Å². The molecule has 1 rings (SSSR count). The van der Waals surface area contributed by atoms with Crippen LogP contribution in [0.5, 0.6) is 0 Å². The molecule has 1 aromatic carbocycles. The molecule has 0 radical (unpaired) electrons. The van der Waals surface area contributed by atoms with Crippen molar-refractivity contribution in [3.8, 4) is 0 Å². The van der Waals surface area contributed by atoms with Gasteiger partial charge in [0.25, 0.3) is 0 Å². The molecule has 0 saturated carbocycles. The second-order valence-corrected chi connectivity index (χ2v) is 9.31. The van der Waals surface area contributed by atoms with Crippen molar-refractivity contribution < 1.29 is 26.7 Å². The number of ether oxygens (including phenoxy) is 1. The zero-order chi connectivity index (χ0) is 25.7. The number of nitrogen functional groups attached to an aromatic ring is 1. The Bertz CT molecular complexity index is 721. The summed E-state index contributed by atoms with van der Waals surface area (Å²) in [6.07, 6.45) is 11.9. The number of carbonyl (C=O) groups excluding carboxylic acids is 1. The molecule has 0 atom stereocenters. The van der Waals surface area contributed by atoms with Gasteiger partial charge in [-0.2, -0.15) is 8.42 Å². The molecule has 34 heavy (non-hydrogen) atoms. The zero-order valence-corrected chi connectivity index (χ0v) is 22.2. The van der Waals surface area contributed by atoms with Crippen LogP contribution in [0.2, 0.25) is 0 Å². The highest BCUT2D eigenvalue weighted by Crippen LogP contribution is 2.10. The molecular weight excluding hydrogens is 456 g/mol. The number of rotatable bonds is 18. The van der Waals surface area contributed by atoms with Gasteiger partial charge in [0.1, 0.15) is 6.61 Å². The smallest absolute Gasteiger partial charge is 0.397 e. The van der Waals surface area contributed by atoms with Gasteiger partial charge in [-0.05, 0) is 43.8 Å². The van der Waals surface area contributed by atoms with Crippen LogP contribution in [0.15, 0.2) is 24.3 Å². The van der Waals surface area contributed by atoms with Crippen LogP contribution in [0, 0.1) is 0 Å². The van der Waals surface area contributed by atoms with E-state index in [4.69, 9.17) is 15.0 Å². The maximum Gasteiger partial charge on any atom is 0.397 e. The third-order valence-electron chi connectivity index (χ3n) is 5.41. The molecule has 0 unspecified atom stereocenters. The number of carbonyl (C=O) groups is 1. The number of hydrogen-bond donors (Lipinski definition) is 2. The van der Waals surface area contributed by atoms with Crippen molar-refractivity contribution >= 4 is 22.1 Å². The maximum atomic E-state index is 11.6. The normalized spacial score (nSPS) is 11.2. The minimum Gasteiger partial charge on any atom is -0.461 e. The molecule has 0 aliphatic rings. The van der Waals surface area contributed by atoms with Gasteiger partial charge in [0.15, 0.2) is 0 Å². The van der Waals surface area contributed by atoms with E-state index in [1.807, 2.05) is 0 Å². The highest BCUT2D eigenvalue weighted by molar-refractivity contribution is 7.80. The lowest BCUT2D eigenvalue weighted by Gasteiger charge is -2.17. The van der Waals surface area contributed by atoms with Crippen molar-refractivity contribution in [2.24, 2.45) is 0 Å². The highest BCUT2D eigenvalue weighted by Gasteiger charge is 2.07. The van der Waals surface area contributed by atoms with E-state index in [2.05, 4.69) is 29.9 Å². The summed E-state index contributed by atoms with van der Waals surface area (Å²) in [6.45, 7) is 9.62. The highest BCUT2D eigenvalue weighted by atomic mass is 32.3. The number of anilines is 1. The van der Waals surface area contributed by atoms with Crippen molar-refractivity contribution in [3.05, 3.63) is 29.8 Å². The lowest BCUT2D eigenvalue weighted by Crippen LogP contribution is -2.27. The SMILES string of the molecule is CCCCCCCCCCCCOS(=O)(=O)O.CCN(CC)CCOC(=O)c1ccc(N)cc1. The van der Waals surface area contributed by atoms with Crippen LogP contribution in [0.4, 0.5) is 5.69 Å². The molecule has 198 valence electrons. The minimum atomic E-state index is -4.23. The monoisotopic (exact) mass is 502 g/mol. The Hall–Kier alpha value is -1.68. The number of benzene rings is 1. The largest absolute Gasteiger partial charge is 0.461 e. The molecular formula is C25H46N2O6S. The standard InChI is InChI=1S/C13H20N2O2.C12H26O4S/c1-3-15(4-2)9-10-17-13(16)11-5-7-12(14)8-6-11;1-2-3-4-5-6-7-8-9-10-11-12-16-17(13,14)15/h5-8H,3-4,9-10,14H2,1-2H3;2-12H2,1H3,(H,13,14,15). The van der Waals surface area contributed by atoms with Gasteiger partial charge in [-0.3, -0.25) is 4.55 Å². The van der Waals surface area contributed by atoms with Crippen molar-refractivity contribution in [1.29, 1.82) is 0 Å². The summed E-state index contributed by atoms with van der Waals surface area (Å²) in [6, 6.07) is 6.74. The zero-order valence-electron chi connectivity index (χ0n) is 21.3. The van der Waals surface area contributed by atoms with Gasteiger partial charge < -0.3 is 15.4 Å². The van der Waals surface area contributed by atoms with Gasteiger partial charge >= 0.3 is 16.4 Å². The van der Waals surface area contributed by atoms with Gasteiger partial charge in [0.05, 0.1) is 12.2 Å². The Balaban J connectivity index is 0.000000641. The quantitative estimate of drug-likeness (QED) is 0.117. The number of unbranched alkanes of at least 4 members (excludes halogenated alkanes) is 9. The average Bonchev–Trinajstić information content (AvgIpc) is 2.80. The second kappa shape index (κ2) is 20.7. The van der Waals surface area contributed by atoms with Crippen LogP contribution in [0.1, 0.15) is 95.3 Å². The van der Waals surface area contributed by atoms with E-state index >= 15 is 0 Å². The summed E-state index contributed by atoms with van der Waals surface area (Å²) in [5.41, 5.74) is 6.73. The number of hydrogen-bond acceptors (Lipinski definition) is 7. The summed E-state index contributed by atoms with van der Waals surface area (Å²) >= 11 is 0. The van der Waals surface area contributed by atoms with E-state index in [0.717, 1.165) is 32.5 Å². The molecule has 0 spiro atoms. The molecule has 3 N–H and O–H groups in total. The van der Waals surface area contributed by atoms with Crippen LogP contribution in [-0.4, -0.2) is 56.7 Å². The minimum absolute atomic E-state index is 0.0926. The van der Waals surface area contributed by atoms with Crippen molar-refractivity contribution in [1.82, 2.24) is 4.90 Å². The molecule has 1 aromatic rings. The summed E-state index contributed by atoms with van der Waals surface area (Å²) in [4.78, 5) is 13.8. The molecule has 0 aliphatic heterocycles. The molecule has 0 aliphatic carbocycles. The lowest BCUT2D eigenvalue weighted by atomic mass is 10.1. The third kappa shape index (κ3) is 19.8. The first-order valence-electron chi connectivity index (χ1n) is 12.6. The van der Waals surface area contributed by atoms with Crippen molar-refractivity contribution in [3.63, 3.8) is 0 Å². The summed E-state index contributed by atoms with van der Waals surface area (Å²) in [5, 5.41) is 0. The first-order valence-corrected chi connectivity index (χ1v) is 14.0. The fraction of sp³-hybridized carbons (Fsp3) is 0.720. The van der Waals surface area contributed by atoms with Crippen molar-refractivity contribution in [2.45, 2.75) is 85.0 Å². The fourth-order valence-corrected chi connectivity index (χ4v) is 3.59. The molecule has 0 amide bonds. The van der Waals surface area contributed by atoms with Crippen LogP contribution < -0.4 is 5.73 Å². The summed E-state index contributed by atoms with van der Waals surface area (Å²) in [5.74, 6) is -0.294. The molecule has 9 heteroatoms. The van der Waals surface area contributed by atoms with E-state index in [9.17, 15) is 13.2 Å². The van der Waals surface area contributed by atoms with Gasteiger partial charge in [0.2, 0.25) is 0 Å². The van der Waals surface area contributed by atoms with E-state index in [-0.39, 0.29) is 12.6 Å². The van der Waals surface area contributed by atoms with Gasteiger partial charge in [0, 0.05) is 12.2 Å². The van der Waals surface area contributed by atoms with Crippen LogP contribution >= 0.6 is 0 Å². The first kappa shape index (κ1) is 32.3. The Kier molecular flexibility index (Phi) is 19.7. The predicted molar refractivity (Wildman–Crippen MR) is 138 cm³/mol. The van der Waals surface area contributed by atoms with Gasteiger partial charge in [-0.25, -0.2) is 8.98 Å². The predicted octanol–water partition coefficient (Wildman–Crippen LogP) is 5.49. The number of likely N-dealkylation sites (N-methyl/N-ethyl adjacent to an activating group) is 1. The maximum absolute atomic E-state index is 11.6. The number of nitrogens with two attached hydrogens (primary N) is 1. The number of esters is 1. The molecule has 0 fully saturated rings. The van der Waals surface area contributed by atoms with Gasteiger partial charge in [-0.15, -0.1) is 0 Å². The Morgan fingerprint density at radius 3 is 1.82 bits per heavy atom. The molecule has 0 aromatic heterocycles. The van der Waals surface area contributed by atoms with Gasteiger partial charge in [-0.1, -0.05) is 78.6 Å². The molecule has 0 saturated heterocycles. The van der Waals surface area contributed by atoms with E-state index in [0.29, 0.717) is 24.3 Å². The Labute approximate surface area is 207 Å². The topological polar surface area (TPSA) is 119 Å².